The Labute approximate surface area is 176 Å². The van der Waals surface area contributed by atoms with Gasteiger partial charge in [0.05, 0.1) is 18.6 Å². The van der Waals surface area contributed by atoms with Crippen LogP contribution in [0.4, 0.5) is 13.2 Å². The number of halogens is 4. The SMILES string of the molecule is COc1ccc(Cl)cc1C(=O)/N=c1\sn(C(C)(C)C)c2c1CC(C(F)(F)F)CC2. The minimum Gasteiger partial charge on any atom is -0.496 e. The van der Waals surface area contributed by atoms with E-state index in [0.717, 1.165) is 5.69 Å². The van der Waals surface area contributed by atoms with Crippen molar-refractivity contribution in [3.8, 4) is 5.75 Å². The van der Waals surface area contributed by atoms with Gasteiger partial charge in [-0.2, -0.15) is 18.2 Å². The van der Waals surface area contributed by atoms with Crippen LogP contribution in [0.15, 0.2) is 23.2 Å². The highest BCUT2D eigenvalue weighted by molar-refractivity contribution is 7.04. The number of fused-ring (bicyclic) bond motifs is 1. The Morgan fingerprint density at radius 3 is 2.59 bits per heavy atom. The largest absolute Gasteiger partial charge is 0.496 e. The van der Waals surface area contributed by atoms with Gasteiger partial charge in [-0.15, -0.1) is 0 Å². The summed E-state index contributed by atoms with van der Waals surface area (Å²) in [4.78, 5) is 17.0. The van der Waals surface area contributed by atoms with Crippen molar-refractivity contribution in [2.24, 2.45) is 10.9 Å². The fraction of sp³-hybridized carbons (Fsp3) is 0.500. The number of hydrogen-bond acceptors (Lipinski definition) is 3. The molecule has 0 bridgehead atoms. The molecule has 1 aliphatic carbocycles. The molecule has 0 saturated carbocycles. The zero-order valence-corrected chi connectivity index (χ0v) is 18.1. The Morgan fingerprint density at radius 2 is 2.00 bits per heavy atom. The third-order valence-electron chi connectivity index (χ3n) is 4.88. The van der Waals surface area contributed by atoms with Gasteiger partial charge in [0, 0.05) is 21.8 Å². The van der Waals surface area contributed by atoms with Gasteiger partial charge < -0.3 is 4.74 Å². The molecular weight excluding hydrogens is 425 g/mol. The third-order valence-corrected chi connectivity index (χ3v) is 6.57. The lowest BCUT2D eigenvalue weighted by Crippen LogP contribution is -2.32. The average molecular weight is 447 g/mol. The molecule has 1 unspecified atom stereocenters. The summed E-state index contributed by atoms with van der Waals surface area (Å²) >= 11 is 7.22. The van der Waals surface area contributed by atoms with E-state index in [1.807, 2.05) is 24.7 Å². The maximum Gasteiger partial charge on any atom is 0.392 e. The fourth-order valence-corrected chi connectivity index (χ4v) is 4.83. The first kappa shape index (κ1) is 21.9. The van der Waals surface area contributed by atoms with Gasteiger partial charge in [0.1, 0.15) is 10.4 Å². The fourth-order valence-electron chi connectivity index (χ4n) is 3.47. The second-order valence-corrected chi connectivity index (χ2v) is 9.40. The quantitative estimate of drug-likeness (QED) is 0.622. The van der Waals surface area contributed by atoms with Gasteiger partial charge in [-0.25, -0.2) is 0 Å². The van der Waals surface area contributed by atoms with Gasteiger partial charge in [-0.3, -0.25) is 8.75 Å². The van der Waals surface area contributed by atoms with Gasteiger partial charge in [-0.05, 0) is 69.8 Å². The van der Waals surface area contributed by atoms with Crippen LogP contribution in [0.3, 0.4) is 0 Å². The number of benzene rings is 1. The van der Waals surface area contributed by atoms with Crippen molar-refractivity contribution < 1.29 is 22.7 Å². The average Bonchev–Trinajstić information content (AvgIpc) is 2.99. The first-order valence-corrected chi connectivity index (χ1v) is 10.3. The number of amides is 1. The van der Waals surface area contributed by atoms with Crippen LogP contribution in [-0.2, 0) is 18.4 Å². The lowest BCUT2D eigenvalue weighted by Gasteiger charge is -2.28. The number of hydrogen-bond donors (Lipinski definition) is 0. The molecule has 0 aliphatic heterocycles. The number of ether oxygens (including phenoxy) is 1. The number of methoxy groups -OCH3 is 1. The Hall–Kier alpha value is -1.80. The predicted molar refractivity (Wildman–Crippen MR) is 107 cm³/mol. The van der Waals surface area contributed by atoms with Crippen LogP contribution in [0.1, 0.15) is 48.8 Å². The molecule has 1 aliphatic rings. The van der Waals surface area contributed by atoms with Crippen LogP contribution < -0.4 is 9.41 Å². The van der Waals surface area contributed by atoms with Gasteiger partial charge in [-0.1, -0.05) is 11.6 Å². The van der Waals surface area contributed by atoms with Crippen LogP contribution in [0.2, 0.25) is 5.02 Å². The Bertz CT molecular complexity index is 1000. The second-order valence-electron chi connectivity index (χ2n) is 8.03. The predicted octanol–water partition coefficient (Wildman–Crippen LogP) is 5.37. The normalized spacial score (nSPS) is 17.9. The van der Waals surface area contributed by atoms with E-state index < -0.39 is 18.0 Å². The van der Waals surface area contributed by atoms with E-state index in [0.29, 0.717) is 27.4 Å². The van der Waals surface area contributed by atoms with Crippen molar-refractivity contribution in [1.29, 1.82) is 0 Å². The molecule has 0 saturated heterocycles. The molecule has 3 rings (SSSR count). The molecule has 0 radical (unpaired) electrons. The van der Waals surface area contributed by atoms with E-state index in [-0.39, 0.29) is 23.9 Å². The highest BCUT2D eigenvalue weighted by atomic mass is 35.5. The van der Waals surface area contributed by atoms with Gasteiger partial charge in [0.2, 0.25) is 0 Å². The summed E-state index contributed by atoms with van der Waals surface area (Å²) in [6.07, 6.45) is -4.10. The molecule has 9 heteroatoms. The summed E-state index contributed by atoms with van der Waals surface area (Å²) in [5.41, 5.74) is 1.18. The standard InChI is InChI=1S/C20H22ClF3N2O2S/c1-19(2,3)26-15-7-5-11(20(22,23)24)9-13(15)18(29-26)25-17(27)14-10-12(21)6-8-16(14)28-4/h6,8,10-11H,5,7,9H2,1-4H3/b25-18-. The number of nitrogens with zero attached hydrogens (tertiary/aromatic N) is 2. The molecule has 0 N–H and O–H groups in total. The van der Waals surface area contributed by atoms with Crippen molar-refractivity contribution in [2.45, 2.75) is 51.7 Å². The van der Waals surface area contributed by atoms with Gasteiger partial charge in [0.25, 0.3) is 5.91 Å². The Morgan fingerprint density at radius 1 is 1.31 bits per heavy atom. The van der Waals surface area contributed by atoms with Crippen LogP contribution in [0.25, 0.3) is 0 Å². The van der Waals surface area contributed by atoms with Crippen LogP contribution in [0, 0.1) is 5.92 Å². The van der Waals surface area contributed by atoms with Gasteiger partial charge >= 0.3 is 6.18 Å². The van der Waals surface area contributed by atoms with Crippen molar-refractivity contribution in [2.75, 3.05) is 7.11 Å². The molecule has 29 heavy (non-hydrogen) atoms. The van der Waals surface area contributed by atoms with Crippen molar-refractivity contribution >= 4 is 29.0 Å². The van der Waals surface area contributed by atoms with Crippen LogP contribution in [0.5, 0.6) is 5.75 Å². The monoisotopic (exact) mass is 446 g/mol. The smallest absolute Gasteiger partial charge is 0.392 e. The molecule has 1 heterocycles. The minimum absolute atomic E-state index is 0.0405. The Kier molecular flexibility index (Phi) is 5.89. The van der Waals surface area contributed by atoms with Crippen molar-refractivity contribution in [1.82, 2.24) is 3.96 Å². The molecule has 1 amide bonds. The van der Waals surface area contributed by atoms with Crippen LogP contribution >= 0.6 is 23.1 Å². The van der Waals surface area contributed by atoms with E-state index >= 15 is 0 Å². The molecule has 1 aromatic carbocycles. The lowest BCUT2D eigenvalue weighted by molar-refractivity contribution is -0.177. The van der Waals surface area contributed by atoms with Crippen LogP contribution in [-0.4, -0.2) is 23.1 Å². The molecule has 2 aromatic rings. The van der Waals surface area contributed by atoms with Crippen molar-refractivity contribution in [3.05, 3.63) is 44.7 Å². The van der Waals surface area contributed by atoms with Crippen molar-refractivity contribution in [3.63, 3.8) is 0 Å². The molecule has 1 atom stereocenters. The maximum absolute atomic E-state index is 13.3. The summed E-state index contributed by atoms with van der Waals surface area (Å²) in [6.45, 7) is 5.93. The van der Waals surface area contributed by atoms with E-state index in [4.69, 9.17) is 16.3 Å². The first-order chi connectivity index (χ1) is 13.4. The number of rotatable bonds is 2. The van der Waals surface area contributed by atoms with E-state index in [2.05, 4.69) is 4.99 Å². The molecule has 158 valence electrons. The third kappa shape index (κ3) is 4.53. The minimum atomic E-state index is -4.27. The summed E-state index contributed by atoms with van der Waals surface area (Å²) < 4.78 is 47.5. The highest BCUT2D eigenvalue weighted by Gasteiger charge is 2.43. The maximum atomic E-state index is 13.3. The lowest BCUT2D eigenvalue weighted by atomic mass is 9.86. The number of carbonyl (C=O) groups excluding carboxylic acids is 1. The van der Waals surface area contributed by atoms with E-state index in [1.165, 1.54) is 24.7 Å². The summed E-state index contributed by atoms with van der Waals surface area (Å²) in [6, 6.07) is 4.60. The highest BCUT2D eigenvalue weighted by Crippen LogP contribution is 2.38. The van der Waals surface area contributed by atoms with E-state index in [1.54, 1.807) is 12.1 Å². The first-order valence-electron chi connectivity index (χ1n) is 9.15. The van der Waals surface area contributed by atoms with Gasteiger partial charge in [0.15, 0.2) is 0 Å². The zero-order valence-electron chi connectivity index (χ0n) is 16.6. The topological polar surface area (TPSA) is 43.6 Å². The number of carbonyl (C=O) groups is 1. The summed E-state index contributed by atoms with van der Waals surface area (Å²) in [5.74, 6) is -1.71. The molecule has 0 fully saturated rings. The Balaban J connectivity index is 2.14. The molecule has 0 spiro atoms. The van der Waals surface area contributed by atoms with E-state index in [9.17, 15) is 18.0 Å². The summed E-state index contributed by atoms with van der Waals surface area (Å²) in [7, 11) is 1.43. The molecule has 4 nitrogen and oxygen atoms in total. The molecular formula is C20H22ClF3N2O2S. The number of alkyl halides is 3. The zero-order chi connectivity index (χ0) is 21.6. The number of aromatic nitrogens is 1. The second kappa shape index (κ2) is 7.80. The molecule has 1 aromatic heterocycles. The summed E-state index contributed by atoms with van der Waals surface area (Å²) in [5, 5.41) is 0.347.